The van der Waals surface area contributed by atoms with Crippen molar-refractivity contribution in [1.29, 1.82) is 0 Å². The topological polar surface area (TPSA) is 0 Å². The summed E-state index contributed by atoms with van der Waals surface area (Å²) < 4.78 is 2.64. The van der Waals surface area contributed by atoms with Gasteiger partial charge in [-0.15, -0.1) is 11.3 Å². The van der Waals surface area contributed by atoms with Crippen molar-refractivity contribution in [2.75, 3.05) is 0 Å². The fourth-order valence-electron chi connectivity index (χ4n) is 8.77. The van der Waals surface area contributed by atoms with Crippen LogP contribution in [0.1, 0.15) is 44.9 Å². The Kier molecular flexibility index (Phi) is 7.08. The molecule has 240 valence electrons. The van der Waals surface area contributed by atoms with Crippen molar-refractivity contribution in [2.45, 2.75) is 11.3 Å². The molecule has 0 amide bonds. The number of rotatable bonds is 6. The summed E-state index contributed by atoms with van der Waals surface area (Å²) in [5.74, 6) is 0.105. The fourth-order valence-corrected chi connectivity index (χ4v) is 9.95. The molecule has 0 fully saturated rings. The van der Waals surface area contributed by atoms with E-state index in [4.69, 9.17) is 0 Å². The maximum atomic E-state index is 2.46. The quantitative estimate of drug-likeness (QED) is 0.155. The predicted molar refractivity (Wildman–Crippen MR) is 216 cm³/mol. The highest BCUT2D eigenvalue weighted by Crippen LogP contribution is 2.58. The van der Waals surface area contributed by atoms with E-state index in [0.717, 1.165) is 0 Å². The zero-order valence-electron chi connectivity index (χ0n) is 28.0. The van der Waals surface area contributed by atoms with Gasteiger partial charge in [-0.25, -0.2) is 0 Å². The van der Waals surface area contributed by atoms with Gasteiger partial charge in [0.05, 0.1) is 5.41 Å². The van der Waals surface area contributed by atoms with Gasteiger partial charge in [0, 0.05) is 26.1 Å². The standard InChI is InChI=1S/C50H34S/c1-4-16-34(17-5-1)36-20-14-21-37(32-36)48(35-18-6-2-7-19-35)38-30-31-42-47(33-38)51-46-29-15-28-45(49(42)46)50(39-22-8-3-9-23-39)43-26-12-10-24-40(43)41-25-11-13-27-44(41)50/h1-33,48H. The van der Waals surface area contributed by atoms with Crippen molar-refractivity contribution in [1.82, 2.24) is 0 Å². The van der Waals surface area contributed by atoms with Crippen LogP contribution in [0.4, 0.5) is 0 Å². The number of thiophene rings is 1. The fraction of sp³-hybridized carbons (Fsp3) is 0.0400. The maximum Gasteiger partial charge on any atom is 0.0720 e. The molecule has 0 radical (unpaired) electrons. The first kappa shape index (κ1) is 29.9. The van der Waals surface area contributed by atoms with Crippen LogP contribution in [-0.4, -0.2) is 0 Å². The van der Waals surface area contributed by atoms with Crippen LogP contribution in [0.25, 0.3) is 42.4 Å². The lowest BCUT2D eigenvalue weighted by Gasteiger charge is -2.34. The molecule has 0 aliphatic heterocycles. The van der Waals surface area contributed by atoms with Gasteiger partial charge in [0.2, 0.25) is 0 Å². The third-order valence-electron chi connectivity index (χ3n) is 10.9. The Hall–Kier alpha value is -6.02. The molecule has 1 heterocycles. The minimum Gasteiger partial charge on any atom is -0.135 e. The Morgan fingerprint density at radius 2 is 0.922 bits per heavy atom. The van der Waals surface area contributed by atoms with E-state index in [0.29, 0.717) is 0 Å². The molecule has 0 spiro atoms. The van der Waals surface area contributed by atoms with Gasteiger partial charge in [-0.2, -0.15) is 0 Å². The molecule has 0 N–H and O–H groups in total. The normalized spacial score (nSPS) is 13.6. The summed E-state index contributed by atoms with van der Waals surface area (Å²) in [4.78, 5) is 0. The highest BCUT2D eigenvalue weighted by molar-refractivity contribution is 7.25. The molecule has 1 unspecified atom stereocenters. The summed E-state index contributed by atoms with van der Waals surface area (Å²) in [5.41, 5.74) is 13.9. The molecule has 0 nitrogen and oxygen atoms in total. The van der Waals surface area contributed by atoms with Crippen molar-refractivity contribution in [3.63, 3.8) is 0 Å². The first-order valence-corrected chi connectivity index (χ1v) is 18.5. The van der Waals surface area contributed by atoms with Crippen molar-refractivity contribution in [3.05, 3.63) is 239 Å². The predicted octanol–water partition coefficient (Wildman–Crippen LogP) is 13.3. The molecule has 1 aromatic heterocycles. The minimum absolute atomic E-state index is 0.105. The van der Waals surface area contributed by atoms with E-state index in [1.54, 1.807) is 0 Å². The molecule has 51 heavy (non-hydrogen) atoms. The van der Waals surface area contributed by atoms with Gasteiger partial charge in [-0.05, 0) is 73.3 Å². The molecule has 1 aliphatic rings. The average Bonchev–Trinajstić information content (AvgIpc) is 3.73. The zero-order valence-corrected chi connectivity index (χ0v) is 28.9. The van der Waals surface area contributed by atoms with Crippen molar-refractivity contribution in [3.8, 4) is 22.3 Å². The Bertz CT molecular complexity index is 2640. The summed E-state index contributed by atoms with van der Waals surface area (Å²) in [6.45, 7) is 0. The Labute approximate surface area is 303 Å². The number of hydrogen-bond donors (Lipinski definition) is 0. The summed E-state index contributed by atoms with van der Waals surface area (Å²) in [7, 11) is 0. The molecular formula is C50H34S. The summed E-state index contributed by atoms with van der Waals surface area (Å²) in [6.07, 6.45) is 0. The molecule has 1 heteroatoms. The van der Waals surface area contributed by atoms with Crippen LogP contribution in [-0.2, 0) is 5.41 Å². The largest absolute Gasteiger partial charge is 0.135 e. The average molecular weight is 667 g/mol. The lowest BCUT2D eigenvalue weighted by molar-refractivity contribution is 0.777. The number of fused-ring (bicyclic) bond motifs is 6. The zero-order chi connectivity index (χ0) is 33.8. The Balaban J connectivity index is 1.21. The van der Waals surface area contributed by atoms with Crippen LogP contribution in [0, 0.1) is 0 Å². The van der Waals surface area contributed by atoms with Gasteiger partial charge in [-0.3, -0.25) is 0 Å². The molecular weight excluding hydrogens is 633 g/mol. The molecule has 1 atom stereocenters. The lowest BCUT2D eigenvalue weighted by Crippen LogP contribution is -2.28. The highest BCUT2D eigenvalue weighted by Gasteiger charge is 2.46. The lowest BCUT2D eigenvalue weighted by atomic mass is 9.66. The molecule has 9 aromatic rings. The van der Waals surface area contributed by atoms with Gasteiger partial charge in [0.15, 0.2) is 0 Å². The van der Waals surface area contributed by atoms with E-state index < -0.39 is 5.41 Å². The molecule has 1 aliphatic carbocycles. The van der Waals surface area contributed by atoms with Crippen LogP contribution >= 0.6 is 11.3 Å². The molecule has 8 aromatic carbocycles. The third kappa shape index (κ3) is 4.66. The van der Waals surface area contributed by atoms with Crippen molar-refractivity contribution >= 4 is 31.5 Å². The first-order valence-electron chi connectivity index (χ1n) is 17.7. The van der Waals surface area contributed by atoms with Crippen molar-refractivity contribution in [2.24, 2.45) is 0 Å². The second-order valence-electron chi connectivity index (χ2n) is 13.6. The van der Waals surface area contributed by atoms with Gasteiger partial charge in [0.25, 0.3) is 0 Å². The smallest absolute Gasteiger partial charge is 0.0720 e. The van der Waals surface area contributed by atoms with Gasteiger partial charge >= 0.3 is 0 Å². The first-order chi connectivity index (χ1) is 25.3. The SMILES string of the molecule is c1ccc(-c2cccc(C(c3ccccc3)c3ccc4c(c3)sc3cccc(C5(c6ccccc6)c6ccccc6-c6ccccc65)c34)c2)cc1. The Morgan fingerprint density at radius 1 is 0.373 bits per heavy atom. The van der Waals surface area contributed by atoms with E-state index in [9.17, 15) is 0 Å². The van der Waals surface area contributed by atoms with E-state index in [1.807, 2.05) is 11.3 Å². The maximum absolute atomic E-state index is 2.46. The monoisotopic (exact) mass is 666 g/mol. The minimum atomic E-state index is -0.439. The second kappa shape index (κ2) is 12.1. The van der Waals surface area contributed by atoms with E-state index in [2.05, 4.69) is 200 Å². The van der Waals surface area contributed by atoms with Crippen LogP contribution in [0.2, 0.25) is 0 Å². The van der Waals surface area contributed by atoms with E-state index >= 15 is 0 Å². The van der Waals surface area contributed by atoms with Crippen molar-refractivity contribution < 1.29 is 0 Å². The van der Waals surface area contributed by atoms with Crippen LogP contribution < -0.4 is 0 Å². The van der Waals surface area contributed by atoms with Gasteiger partial charge in [-0.1, -0.05) is 188 Å². The van der Waals surface area contributed by atoms with E-state index in [-0.39, 0.29) is 5.92 Å². The highest BCUT2D eigenvalue weighted by atomic mass is 32.1. The number of benzene rings is 8. The van der Waals surface area contributed by atoms with E-state index in [1.165, 1.54) is 81.4 Å². The van der Waals surface area contributed by atoms with Gasteiger partial charge < -0.3 is 0 Å². The summed E-state index contributed by atoms with van der Waals surface area (Å²) in [6, 6.07) is 74.2. The van der Waals surface area contributed by atoms with Crippen LogP contribution in [0.5, 0.6) is 0 Å². The third-order valence-corrected chi connectivity index (χ3v) is 12.0. The molecule has 0 saturated carbocycles. The van der Waals surface area contributed by atoms with Crippen LogP contribution in [0.15, 0.2) is 200 Å². The second-order valence-corrected chi connectivity index (χ2v) is 14.7. The van der Waals surface area contributed by atoms with Crippen LogP contribution in [0.3, 0.4) is 0 Å². The summed E-state index contributed by atoms with van der Waals surface area (Å²) in [5, 5.41) is 2.66. The summed E-state index contributed by atoms with van der Waals surface area (Å²) >= 11 is 1.91. The molecule has 0 saturated heterocycles. The number of hydrogen-bond acceptors (Lipinski definition) is 1. The Morgan fingerprint density at radius 3 is 1.65 bits per heavy atom. The molecule has 10 rings (SSSR count). The van der Waals surface area contributed by atoms with Gasteiger partial charge in [0.1, 0.15) is 0 Å². The molecule has 0 bridgehead atoms.